The van der Waals surface area contributed by atoms with Gasteiger partial charge in [0.25, 0.3) is 5.19 Å². The van der Waals surface area contributed by atoms with Crippen molar-refractivity contribution in [3.8, 4) is 5.19 Å². The molecule has 0 amide bonds. The zero-order valence-electron chi connectivity index (χ0n) is 13.1. The number of rotatable bonds is 3. The maximum Gasteiger partial charge on any atom is 0.274 e. The zero-order valence-corrected chi connectivity index (χ0v) is 13.9. The quantitative estimate of drug-likeness (QED) is 0.670. The molecule has 0 saturated heterocycles. The molecule has 0 unspecified atom stereocenters. The molecule has 3 rings (SSSR count). The minimum atomic E-state index is 0.0218. The van der Waals surface area contributed by atoms with Crippen LogP contribution in [0.2, 0.25) is 0 Å². The summed E-state index contributed by atoms with van der Waals surface area (Å²) >= 11 is 1.45. The number of thiazole rings is 1. The Kier molecular flexibility index (Phi) is 3.71. The van der Waals surface area contributed by atoms with Crippen molar-refractivity contribution in [3.05, 3.63) is 58.1 Å². The summed E-state index contributed by atoms with van der Waals surface area (Å²) in [6, 6.07) is 9.78. The molecule has 0 aliphatic heterocycles. The first-order chi connectivity index (χ1) is 10.5. The third kappa shape index (κ3) is 2.40. The number of ether oxygens (including phenoxy) is 1. The van der Waals surface area contributed by atoms with Gasteiger partial charge in [-0.1, -0.05) is 35.1 Å². The summed E-state index contributed by atoms with van der Waals surface area (Å²) in [5.74, 6) is 0.0218. The van der Waals surface area contributed by atoms with E-state index in [2.05, 4.69) is 4.98 Å². The minimum absolute atomic E-state index is 0.0218. The SMILES string of the molecule is COc1nc2c(C(=O)c3c(C)cc(C)cc3C)cccc2s1. The second-order valence-electron chi connectivity index (χ2n) is 5.44. The highest BCUT2D eigenvalue weighted by atomic mass is 32.1. The molecule has 1 aromatic heterocycles. The van der Waals surface area contributed by atoms with Crippen molar-refractivity contribution in [3.63, 3.8) is 0 Å². The van der Waals surface area contributed by atoms with E-state index >= 15 is 0 Å². The van der Waals surface area contributed by atoms with Gasteiger partial charge in [-0.2, -0.15) is 0 Å². The number of nitrogens with zero attached hydrogens (tertiary/aromatic N) is 1. The molecule has 4 heteroatoms. The van der Waals surface area contributed by atoms with Gasteiger partial charge in [0.05, 0.1) is 17.3 Å². The molecule has 0 N–H and O–H groups in total. The van der Waals surface area contributed by atoms with E-state index in [1.807, 2.05) is 51.1 Å². The standard InChI is InChI=1S/C18H17NO2S/c1-10-8-11(2)15(12(3)9-10)17(20)13-6-5-7-14-16(13)19-18(21-4)22-14/h5-9H,1-4H3. The number of benzene rings is 2. The van der Waals surface area contributed by atoms with Gasteiger partial charge in [-0.05, 0) is 44.0 Å². The molecule has 0 atom stereocenters. The Morgan fingerprint density at radius 1 is 1.14 bits per heavy atom. The van der Waals surface area contributed by atoms with Crippen LogP contribution in [0, 0.1) is 20.8 Å². The smallest absolute Gasteiger partial charge is 0.274 e. The van der Waals surface area contributed by atoms with E-state index in [-0.39, 0.29) is 5.78 Å². The average Bonchev–Trinajstić information content (AvgIpc) is 2.88. The fourth-order valence-corrected chi connectivity index (χ4v) is 3.68. The van der Waals surface area contributed by atoms with E-state index in [9.17, 15) is 4.79 Å². The lowest BCUT2D eigenvalue weighted by molar-refractivity contribution is 0.103. The predicted molar refractivity (Wildman–Crippen MR) is 90.3 cm³/mol. The van der Waals surface area contributed by atoms with Crippen LogP contribution in [-0.2, 0) is 0 Å². The van der Waals surface area contributed by atoms with Crippen molar-refractivity contribution in [2.75, 3.05) is 7.11 Å². The molecule has 112 valence electrons. The molecule has 0 spiro atoms. The molecule has 0 radical (unpaired) electrons. The lowest BCUT2D eigenvalue weighted by atomic mass is 9.93. The highest BCUT2D eigenvalue weighted by Crippen LogP contribution is 2.31. The van der Waals surface area contributed by atoms with E-state index in [1.54, 1.807) is 7.11 Å². The fraction of sp³-hybridized carbons (Fsp3) is 0.222. The maximum atomic E-state index is 13.0. The van der Waals surface area contributed by atoms with Crippen LogP contribution < -0.4 is 4.74 Å². The van der Waals surface area contributed by atoms with Gasteiger partial charge in [0.2, 0.25) is 0 Å². The van der Waals surface area contributed by atoms with Gasteiger partial charge in [-0.3, -0.25) is 4.79 Å². The van der Waals surface area contributed by atoms with E-state index in [4.69, 9.17) is 4.74 Å². The van der Waals surface area contributed by atoms with Crippen LogP contribution in [0.1, 0.15) is 32.6 Å². The first-order valence-electron chi connectivity index (χ1n) is 7.07. The topological polar surface area (TPSA) is 39.2 Å². The van der Waals surface area contributed by atoms with Gasteiger partial charge in [-0.15, -0.1) is 0 Å². The van der Waals surface area contributed by atoms with Gasteiger partial charge in [0, 0.05) is 11.1 Å². The third-order valence-electron chi connectivity index (χ3n) is 3.72. The molecule has 0 aliphatic rings. The third-order valence-corrected chi connectivity index (χ3v) is 4.70. The van der Waals surface area contributed by atoms with E-state index in [0.29, 0.717) is 16.3 Å². The zero-order chi connectivity index (χ0) is 15.9. The summed E-state index contributed by atoms with van der Waals surface area (Å²) in [6.07, 6.45) is 0. The molecule has 2 aromatic carbocycles. The summed E-state index contributed by atoms with van der Waals surface area (Å²) in [7, 11) is 1.59. The van der Waals surface area contributed by atoms with E-state index in [0.717, 1.165) is 21.4 Å². The van der Waals surface area contributed by atoms with E-state index < -0.39 is 0 Å². The number of methoxy groups -OCH3 is 1. The number of aromatic nitrogens is 1. The van der Waals surface area contributed by atoms with Gasteiger partial charge in [-0.25, -0.2) is 4.98 Å². The summed E-state index contributed by atoms with van der Waals surface area (Å²) in [5, 5.41) is 0.576. The molecular formula is C18H17NO2S. The monoisotopic (exact) mass is 311 g/mol. The molecule has 3 aromatic rings. The highest BCUT2D eigenvalue weighted by molar-refractivity contribution is 7.20. The summed E-state index contributed by atoms with van der Waals surface area (Å²) in [5.41, 5.74) is 5.29. The van der Waals surface area contributed by atoms with Crippen LogP contribution in [0.4, 0.5) is 0 Å². The van der Waals surface area contributed by atoms with Crippen LogP contribution in [0.3, 0.4) is 0 Å². The Labute approximate surface area is 133 Å². The van der Waals surface area contributed by atoms with Crippen LogP contribution in [0.25, 0.3) is 10.2 Å². The minimum Gasteiger partial charge on any atom is -0.473 e. The highest BCUT2D eigenvalue weighted by Gasteiger charge is 2.19. The Hall–Kier alpha value is -2.20. The summed E-state index contributed by atoms with van der Waals surface area (Å²) in [4.78, 5) is 17.5. The number of fused-ring (bicyclic) bond motifs is 1. The number of hydrogen-bond acceptors (Lipinski definition) is 4. The van der Waals surface area contributed by atoms with Crippen LogP contribution in [0.5, 0.6) is 5.19 Å². The van der Waals surface area contributed by atoms with Crippen molar-refractivity contribution in [1.29, 1.82) is 0 Å². The lowest BCUT2D eigenvalue weighted by Gasteiger charge is -2.10. The van der Waals surface area contributed by atoms with Crippen molar-refractivity contribution in [2.45, 2.75) is 20.8 Å². The Balaban J connectivity index is 2.19. The molecular weight excluding hydrogens is 294 g/mol. The molecule has 0 saturated carbocycles. The second kappa shape index (κ2) is 5.54. The van der Waals surface area contributed by atoms with Gasteiger partial charge in [0.15, 0.2) is 5.78 Å². The molecule has 0 fully saturated rings. The van der Waals surface area contributed by atoms with Crippen molar-refractivity contribution < 1.29 is 9.53 Å². The molecule has 0 aliphatic carbocycles. The number of ketones is 1. The Bertz CT molecular complexity index is 857. The van der Waals surface area contributed by atoms with Gasteiger partial charge >= 0.3 is 0 Å². The Morgan fingerprint density at radius 2 is 1.82 bits per heavy atom. The number of carbonyl (C=O) groups is 1. The van der Waals surface area contributed by atoms with Crippen molar-refractivity contribution >= 4 is 27.3 Å². The first kappa shape index (κ1) is 14.7. The molecule has 1 heterocycles. The average molecular weight is 311 g/mol. The summed E-state index contributed by atoms with van der Waals surface area (Å²) in [6.45, 7) is 6.00. The van der Waals surface area contributed by atoms with Crippen LogP contribution in [0.15, 0.2) is 30.3 Å². The van der Waals surface area contributed by atoms with Gasteiger partial charge in [0.1, 0.15) is 0 Å². The largest absolute Gasteiger partial charge is 0.473 e. The van der Waals surface area contributed by atoms with E-state index in [1.165, 1.54) is 16.9 Å². The number of hydrogen-bond donors (Lipinski definition) is 0. The maximum absolute atomic E-state index is 13.0. The number of aryl methyl sites for hydroxylation is 3. The Morgan fingerprint density at radius 3 is 2.45 bits per heavy atom. The van der Waals surface area contributed by atoms with Crippen molar-refractivity contribution in [1.82, 2.24) is 4.98 Å². The normalized spacial score (nSPS) is 10.9. The van der Waals surface area contributed by atoms with Gasteiger partial charge < -0.3 is 4.74 Å². The summed E-state index contributed by atoms with van der Waals surface area (Å²) < 4.78 is 6.16. The number of carbonyl (C=O) groups excluding carboxylic acids is 1. The predicted octanol–water partition coefficient (Wildman–Crippen LogP) is 4.46. The molecule has 0 bridgehead atoms. The first-order valence-corrected chi connectivity index (χ1v) is 7.89. The fourth-order valence-electron chi connectivity index (χ4n) is 2.87. The van der Waals surface area contributed by atoms with Crippen molar-refractivity contribution in [2.24, 2.45) is 0 Å². The second-order valence-corrected chi connectivity index (χ2v) is 6.43. The van der Waals surface area contributed by atoms with Crippen LogP contribution >= 0.6 is 11.3 Å². The van der Waals surface area contributed by atoms with Crippen LogP contribution in [-0.4, -0.2) is 17.9 Å². The number of para-hydroxylation sites is 1. The lowest BCUT2D eigenvalue weighted by Crippen LogP contribution is -2.07. The molecule has 3 nitrogen and oxygen atoms in total. The molecule has 22 heavy (non-hydrogen) atoms.